The fourth-order valence-electron chi connectivity index (χ4n) is 2.02. The first-order chi connectivity index (χ1) is 8.20. The van der Waals surface area contributed by atoms with E-state index in [1.165, 1.54) is 4.90 Å². The Hall–Kier alpha value is -0.260. The number of hydrogen-bond donors (Lipinski definition) is 3. The molecule has 3 N–H and O–H groups in total. The van der Waals surface area contributed by atoms with Crippen molar-refractivity contribution in [1.29, 1.82) is 0 Å². The van der Waals surface area contributed by atoms with Gasteiger partial charge in [-0.3, -0.25) is 14.8 Å². The molecule has 0 bridgehead atoms. The highest BCUT2D eigenvalue weighted by Gasteiger charge is 2.44. The second kappa shape index (κ2) is 5.80. The predicted octanol–water partition coefficient (Wildman–Crippen LogP) is -0.335. The molecule has 1 saturated heterocycles. The molecule has 1 rings (SSSR count). The Labute approximate surface area is 110 Å². The number of nitrogens with zero attached hydrogens (tertiary/aromatic N) is 1. The average Bonchev–Trinajstić information content (AvgIpc) is 2.58. The number of carbonyl (C=O) groups is 1. The standard InChI is InChI=1S/C11H23N2O4P/c1-6(2)7-5-17-10(15)13(7)9(14)8(12-18)11(3,4)16/h6-8,10,12,15-16H,5,18H2,1-4H3/t7-,8-,10?/m1/s1. The van der Waals surface area contributed by atoms with Crippen molar-refractivity contribution >= 4 is 15.3 Å². The van der Waals surface area contributed by atoms with E-state index in [-0.39, 0.29) is 17.9 Å². The maximum Gasteiger partial charge on any atom is 0.247 e. The molecule has 1 fully saturated rings. The van der Waals surface area contributed by atoms with Gasteiger partial charge >= 0.3 is 0 Å². The summed E-state index contributed by atoms with van der Waals surface area (Å²) < 4.78 is 5.11. The Balaban J connectivity index is 2.93. The van der Waals surface area contributed by atoms with Crippen LogP contribution in [0.3, 0.4) is 0 Å². The van der Waals surface area contributed by atoms with E-state index in [1.54, 1.807) is 13.8 Å². The van der Waals surface area contributed by atoms with Crippen LogP contribution in [0.1, 0.15) is 27.7 Å². The first-order valence-corrected chi connectivity index (χ1v) is 6.58. The molecule has 1 aliphatic heterocycles. The van der Waals surface area contributed by atoms with Crippen molar-refractivity contribution in [2.45, 2.75) is 51.8 Å². The van der Waals surface area contributed by atoms with Gasteiger partial charge in [0, 0.05) is 0 Å². The van der Waals surface area contributed by atoms with Crippen LogP contribution in [0, 0.1) is 5.92 Å². The molecule has 1 heterocycles. The van der Waals surface area contributed by atoms with Crippen LogP contribution in [0.15, 0.2) is 0 Å². The second-order valence-corrected chi connectivity index (χ2v) is 5.80. The van der Waals surface area contributed by atoms with E-state index in [4.69, 9.17) is 4.74 Å². The average molecular weight is 278 g/mol. The van der Waals surface area contributed by atoms with Crippen molar-refractivity contribution in [3.63, 3.8) is 0 Å². The molecule has 0 aromatic heterocycles. The van der Waals surface area contributed by atoms with E-state index in [0.29, 0.717) is 6.61 Å². The van der Waals surface area contributed by atoms with Crippen molar-refractivity contribution in [1.82, 2.24) is 9.99 Å². The lowest BCUT2D eigenvalue weighted by Crippen LogP contribution is -2.58. The van der Waals surface area contributed by atoms with Gasteiger partial charge in [0.2, 0.25) is 12.3 Å². The maximum atomic E-state index is 12.4. The van der Waals surface area contributed by atoms with Crippen LogP contribution >= 0.6 is 9.39 Å². The summed E-state index contributed by atoms with van der Waals surface area (Å²) in [6.45, 7) is 7.31. The highest BCUT2D eigenvalue weighted by molar-refractivity contribution is 7.13. The number of carbonyl (C=O) groups excluding carboxylic acids is 1. The zero-order chi connectivity index (χ0) is 14.1. The van der Waals surface area contributed by atoms with Crippen LogP contribution in [0.5, 0.6) is 0 Å². The van der Waals surface area contributed by atoms with Crippen molar-refractivity contribution in [2.75, 3.05) is 6.61 Å². The number of ether oxygens (including phenoxy) is 1. The van der Waals surface area contributed by atoms with E-state index in [0.717, 1.165) is 0 Å². The third-order valence-corrected chi connectivity index (χ3v) is 3.49. The molecule has 0 radical (unpaired) electrons. The Bertz CT molecular complexity index is 306. The molecular weight excluding hydrogens is 255 g/mol. The highest BCUT2D eigenvalue weighted by atomic mass is 31.0. The number of rotatable bonds is 4. The zero-order valence-corrected chi connectivity index (χ0v) is 12.4. The first kappa shape index (κ1) is 15.8. The van der Waals surface area contributed by atoms with Gasteiger partial charge in [-0.2, -0.15) is 0 Å². The summed E-state index contributed by atoms with van der Waals surface area (Å²) in [5.74, 6) is -0.209. The SMILES string of the molecule is CC(C)[C@H]1COC(O)N1C(=O)[C@@H](NP)C(C)(C)O. The van der Waals surface area contributed by atoms with E-state index in [9.17, 15) is 15.0 Å². The van der Waals surface area contributed by atoms with E-state index >= 15 is 0 Å². The lowest BCUT2D eigenvalue weighted by Gasteiger charge is -2.35. The molecule has 7 heteroatoms. The van der Waals surface area contributed by atoms with Crippen molar-refractivity contribution < 1.29 is 19.7 Å². The van der Waals surface area contributed by atoms with E-state index in [1.807, 2.05) is 13.8 Å². The van der Waals surface area contributed by atoms with Gasteiger partial charge in [0.25, 0.3) is 0 Å². The molecule has 0 aromatic carbocycles. The smallest absolute Gasteiger partial charge is 0.247 e. The van der Waals surface area contributed by atoms with E-state index < -0.39 is 18.1 Å². The molecule has 2 unspecified atom stereocenters. The van der Waals surface area contributed by atoms with Gasteiger partial charge in [-0.05, 0) is 19.8 Å². The molecule has 0 aromatic rings. The van der Waals surface area contributed by atoms with Gasteiger partial charge in [-0.15, -0.1) is 0 Å². The fourth-order valence-corrected chi connectivity index (χ4v) is 2.57. The summed E-state index contributed by atoms with van der Waals surface area (Å²) in [5.41, 5.74) is -1.23. The molecule has 0 aliphatic carbocycles. The zero-order valence-electron chi connectivity index (χ0n) is 11.3. The Morgan fingerprint density at radius 3 is 2.50 bits per heavy atom. The number of aliphatic hydroxyl groups is 2. The third-order valence-electron chi connectivity index (χ3n) is 3.16. The summed E-state index contributed by atoms with van der Waals surface area (Å²) in [5, 5.41) is 22.4. The predicted molar refractivity (Wildman–Crippen MR) is 70.4 cm³/mol. The highest BCUT2D eigenvalue weighted by Crippen LogP contribution is 2.25. The van der Waals surface area contributed by atoms with Crippen LogP contribution in [-0.2, 0) is 9.53 Å². The first-order valence-electron chi connectivity index (χ1n) is 6.00. The third kappa shape index (κ3) is 3.19. The second-order valence-electron chi connectivity index (χ2n) is 5.47. The number of amides is 1. The molecule has 4 atom stereocenters. The molecule has 6 nitrogen and oxygen atoms in total. The molecule has 0 saturated carbocycles. The molecular formula is C11H23N2O4P. The van der Waals surface area contributed by atoms with Gasteiger partial charge in [0.15, 0.2) is 0 Å². The lowest BCUT2D eigenvalue weighted by atomic mass is 9.96. The largest absolute Gasteiger partial charge is 0.388 e. The molecule has 106 valence electrons. The topological polar surface area (TPSA) is 82.0 Å². The molecule has 1 aliphatic rings. The van der Waals surface area contributed by atoms with Crippen molar-refractivity contribution in [2.24, 2.45) is 5.92 Å². The van der Waals surface area contributed by atoms with Gasteiger partial charge in [0.05, 0.1) is 18.2 Å². The number of nitrogens with one attached hydrogen (secondary N) is 1. The monoisotopic (exact) mass is 278 g/mol. The van der Waals surface area contributed by atoms with Crippen LogP contribution < -0.4 is 5.09 Å². The van der Waals surface area contributed by atoms with Crippen LogP contribution in [0.2, 0.25) is 0 Å². The van der Waals surface area contributed by atoms with Crippen LogP contribution in [0.4, 0.5) is 0 Å². The van der Waals surface area contributed by atoms with Crippen molar-refractivity contribution in [3.05, 3.63) is 0 Å². The minimum atomic E-state index is -1.24. The van der Waals surface area contributed by atoms with Crippen LogP contribution in [-0.4, -0.2) is 51.7 Å². The summed E-state index contributed by atoms with van der Waals surface area (Å²) in [4.78, 5) is 13.7. The maximum absolute atomic E-state index is 12.4. The van der Waals surface area contributed by atoms with Gasteiger partial charge in [0.1, 0.15) is 6.04 Å². The fraction of sp³-hybridized carbons (Fsp3) is 0.909. The van der Waals surface area contributed by atoms with Gasteiger partial charge in [-0.25, -0.2) is 0 Å². The summed E-state index contributed by atoms with van der Waals surface area (Å²) in [6, 6.07) is -1.00. The Morgan fingerprint density at radius 1 is 1.56 bits per heavy atom. The molecule has 1 amide bonds. The summed E-state index contributed by atoms with van der Waals surface area (Å²) in [7, 11) is 2.22. The Morgan fingerprint density at radius 2 is 2.11 bits per heavy atom. The number of aliphatic hydroxyl groups excluding tert-OH is 1. The van der Waals surface area contributed by atoms with Gasteiger partial charge < -0.3 is 14.9 Å². The minimum absolute atomic E-state index is 0.165. The molecule has 0 spiro atoms. The Kier molecular flexibility index (Phi) is 5.09. The summed E-state index contributed by atoms with van der Waals surface area (Å²) >= 11 is 0. The number of hydrogen-bond acceptors (Lipinski definition) is 5. The molecule has 18 heavy (non-hydrogen) atoms. The normalized spacial score (nSPS) is 26.8. The lowest BCUT2D eigenvalue weighted by molar-refractivity contribution is -0.171. The minimum Gasteiger partial charge on any atom is -0.388 e. The van der Waals surface area contributed by atoms with Gasteiger partial charge in [-0.1, -0.05) is 23.2 Å². The summed E-state index contributed by atoms with van der Waals surface area (Å²) in [6.07, 6.45) is -1.24. The van der Waals surface area contributed by atoms with E-state index in [2.05, 4.69) is 14.5 Å². The quantitative estimate of drug-likeness (QED) is 0.613. The van der Waals surface area contributed by atoms with Crippen molar-refractivity contribution in [3.8, 4) is 0 Å². The van der Waals surface area contributed by atoms with Crippen LogP contribution in [0.25, 0.3) is 0 Å².